The van der Waals surface area contributed by atoms with Crippen LogP contribution in [0.15, 0.2) is 48.5 Å². The molecule has 0 spiro atoms. The lowest BCUT2D eigenvalue weighted by molar-refractivity contribution is 0.414. The fraction of sp³-hybridized carbons (Fsp3) is 0.222. The van der Waals surface area contributed by atoms with Crippen LogP contribution in [0.2, 0.25) is 0 Å². The molecule has 0 fully saturated rings. The Morgan fingerprint density at radius 2 is 1.74 bits per heavy atom. The number of rotatable bonds is 6. The number of nitrogens with one attached hydrogen (secondary N) is 2. The molecule has 0 aromatic heterocycles. The van der Waals surface area contributed by atoms with E-state index in [0.29, 0.717) is 11.5 Å². The third-order valence-electron chi connectivity index (χ3n) is 3.35. The highest BCUT2D eigenvalue weighted by atomic mass is 32.1. The molecule has 0 saturated heterocycles. The number of methoxy groups -OCH3 is 1. The zero-order chi connectivity index (χ0) is 16.5. The minimum absolute atomic E-state index is 0.421. The van der Waals surface area contributed by atoms with E-state index in [1.54, 1.807) is 7.11 Å². The molecule has 2 rings (SSSR count). The quantitative estimate of drug-likeness (QED) is 0.798. The number of nitriles is 1. The number of hydrogen-bond donors (Lipinski definition) is 2. The van der Waals surface area contributed by atoms with Crippen molar-refractivity contribution in [1.29, 1.82) is 5.26 Å². The predicted molar refractivity (Wildman–Crippen MR) is 96.7 cm³/mol. The van der Waals surface area contributed by atoms with E-state index in [0.717, 1.165) is 30.0 Å². The number of hydrogen-bond acceptors (Lipinski definition) is 3. The Bertz CT molecular complexity index is 675. The Morgan fingerprint density at radius 3 is 2.35 bits per heavy atom. The molecular weight excluding hydrogens is 306 g/mol. The first-order valence-electron chi connectivity index (χ1n) is 7.35. The number of anilines is 1. The summed E-state index contributed by atoms with van der Waals surface area (Å²) in [7, 11) is 1.66. The van der Waals surface area contributed by atoms with Crippen LogP contribution in [0.3, 0.4) is 0 Å². The van der Waals surface area contributed by atoms with Gasteiger partial charge in [-0.1, -0.05) is 24.3 Å². The minimum atomic E-state index is 0.421. The monoisotopic (exact) mass is 325 g/mol. The maximum absolute atomic E-state index is 8.65. The summed E-state index contributed by atoms with van der Waals surface area (Å²) < 4.78 is 5.14. The van der Waals surface area contributed by atoms with Crippen LogP contribution in [0.4, 0.5) is 5.69 Å². The lowest BCUT2D eigenvalue weighted by Gasteiger charge is -2.11. The highest BCUT2D eigenvalue weighted by molar-refractivity contribution is 7.80. The molecule has 0 bridgehead atoms. The molecule has 0 heterocycles. The molecule has 118 valence electrons. The molecule has 0 saturated carbocycles. The van der Waals surface area contributed by atoms with Crippen LogP contribution < -0.4 is 15.4 Å². The Hall–Kier alpha value is -2.58. The van der Waals surface area contributed by atoms with Gasteiger partial charge in [0.2, 0.25) is 0 Å². The van der Waals surface area contributed by atoms with E-state index in [-0.39, 0.29) is 0 Å². The zero-order valence-corrected chi connectivity index (χ0v) is 13.8. The largest absolute Gasteiger partial charge is 0.497 e. The van der Waals surface area contributed by atoms with Crippen LogP contribution in [-0.4, -0.2) is 18.8 Å². The second-order valence-electron chi connectivity index (χ2n) is 5.01. The van der Waals surface area contributed by atoms with Crippen LogP contribution >= 0.6 is 12.2 Å². The van der Waals surface area contributed by atoms with Gasteiger partial charge in [-0.3, -0.25) is 0 Å². The summed E-state index contributed by atoms with van der Waals surface area (Å²) in [5, 5.41) is 15.6. The van der Waals surface area contributed by atoms with Crippen molar-refractivity contribution in [1.82, 2.24) is 5.32 Å². The van der Waals surface area contributed by atoms with E-state index < -0.39 is 0 Å². The van der Waals surface area contributed by atoms with Gasteiger partial charge in [0.05, 0.1) is 19.6 Å². The van der Waals surface area contributed by atoms with Crippen molar-refractivity contribution in [3.63, 3.8) is 0 Å². The van der Waals surface area contributed by atoms with Crippen molar-refractivity contribution in [3.05, 3.63) is 59.7 Å². The second-order valence-corrected chi connectivity index (χ2v) is 5.42. The van der Waals surface area contributed by atoms with Crippen molar-refractivity contribution in [2.24, 2.45) is 0 Å². The number of ether oxygens (including phenoxy) is 1. The van der Waals surface area contributed by atoms with Gasteiger partial charge >= 0.3 is 0 Å². The topological polar surface area (TPSA) is 57.1 Å². The molecule has 23 heavy (non-hydrogen) atoms. The van der Waals surface area contributed by atoms with Crippen LogP contribution in [0.1, 0.15) is 11.1 Å². The Morgan fingerprint density at radius 1 is 1.09 bits per heavy atom. The summed E-state index contributed by atoms with van der Waals surface area (Å²) >= 11 is 5.28. The van der Waals surface area contributed by atoms with Crippen LogP contribution in [-0.2, 0) is 12.8 Å². The molecule has 0 radical (unpaired) electrons. The Labute approximate surface area is 142 Å². The van der Waals surface area contributed by atoms with E-state index in [1.165, 1.54) is 5.56 Å². The highest BCUT2D eigenvalue weighted by Crippen LogP contribution is 2.12. The van der Waals surface area contributed by atoms with Crippen molar-refractivity contribution < 1.29 is 4.74 Å². The fourth-order valence-corrected chi connectivity index (χ4v) is 2.30. The first-order valence-corrected chi connectivity index (χ1v) is 7.76. The summed E-state index contributed by atoms with van der Waals surface area (Å²) in [6, 6.07) is 17.8. The average molecular weight is 325 g/mol. The molecule has 2 aromatic rings. The van der Waals surface area contributed by atoms with Crippen molar-refractivity contribution in [3.8, 4) is 11.8 Å². The van der Waals surface area contributed by atoms with E-state index in [2.05, 4.69) is 16.7 Å². The minimum Gasteiger partial charge on any atom is -0.497 e. The maximum atomic E-state index is 8.65. The van der Waals surface area contributed by atoms with Crippen molar-refractivity contribution in [2.45, 2.75) is 12.8 Å². The summed E-state index contributed by atoms with van der Waals surface area (Å²) in [5.41, 5.74) is 3.13. The number of benzene rings is 2. The third kappa shape index (κ3) is 5.61. The van der Waals surface area contributed by atoms with Crippen LogP contribution in [0, 0.1) is 11.3 Å². The smallest absolute Gasteiger partial charge is 0.170 e. The van der Waals surface area contributed by atoms with Crippen LogP contribution in [0.5, 0.6) is 5.75 Å². The molecule has 0 aliphatic rings. The van der Waals surface area contributed by atoms with Gasteiger partial charge in [-0.2, -0.15) is 5.26 Å². The molecule has 2 aromatic carbocycles. The van der Waals surface area contributed by atoms with E-state index >= 15 is 0 Å². The van der Waals surface area contributed by atoms with E-state index in [9.17, 15) is 0 Å². The van der Waals surface area contributed by atoms with Crippen molar-refractivity contribution in [2.75, 3.05) is 19.0 Å². The van der Waals surface area contributed by atoms with Gasteiger partial charge in [0, 0.05) is 12.2 Å². The number of thiocarbonyl (C=S) groups is 1. The predicted octanol–water partition coefficient (Wildman–Crippen LogP) is 3.29. The molecule has 4 nitrogen and oxygen atoms in total. The first-order chi connectivity index (χ1) is 11.2. The molecule has 0 atom stereocenters. The van der Waals surface area contributed by atoms with Crippen LogP contribution in [0.25, 0.3) is 0 Å². The van der Waals surface area contributed by atoms with E-state index in [4.69, 9.17) is 22.2 Å². The standard InChI is InChI=1S/C18H19N3OS/c1-22-17-8-4-15(5-9-17)11-13-20-18(23)21-16-6-2-14(3-7-16)10-12-19/h2-9H,10-11,13H2,1H3,(H2,20,21,23). The summed E-state index contributed by atoms with van der Waals surface area (Å²) in [6.07, 6.45) is 1.30. The van der Waals surface area contributed by atoms with Crippen molar-refractivity contribution >= 4 is 23.0 Å². The van der Waals surface area contributed by atoms with Gasteiger partial charge in [0.1, 0.15) is 5.75 Å². The van der Waals surface area contributed by atoms with Gasteiger partial charge in [0.25, 0.3) is 0 Å². The molecule has 0 aliphatic heterocycles. The molecule has 0 amide bonds. The molecule has 0 aliphatic carbocycles. The van der Waals surface area contributed by atoms with Gasteiger partial charge in [-0.15, -0.1) is 0 Å². The molecule has 5 heteroatoms. The first kappa shape index (κ1) is 16.8. The molecule has 2 N–H and O–H groups in total. The summed E-state index contributed by atoms with van der Waals surface area (Å²) in [5.74, 6) is 0.860. The van der Waals surface area contributed by atoms with Gasteiger partial charge < -0.3 is 15.4 Å². The number of nitrogens with zero attached hydrogens (tertiary/aromatic N) is 1. The highest BCUT2D eigenvalue weighted by Gasteiger charge is 1.99. The summed E-state index contributed by atoms with van der Waals surface area (Å²) in [4.78, 5) is 0. The lowest BCUT2D eigenvalue weighted by atomic mass is 10.1. The maximum Gasteiger partial charge on any atom is 0.170 e. The molecular formula is C18H19N3OS. The SMILES string of the molecule is COc1ccc(CCNC(=S)Nc2ccc(CC#N)cc2)cc1. The van der Waals surface area contributed by atoms with Gasteiger partial charge in [-0.25, -0.2) is 0 Å². The molecule has 0 unspecified atom stereocenters. The fourth-order valence-electron chi connectivity index (χ4n) is 2.09. The van der Waals surface area contributed by atoms with E-state index in [1.807, 2.05) is 48.5 Å². The average Bonchev–Trinajstić information content (AvgIpc) is 2.57. The zero-order valence-electron chi connectivity index (χ0n) is 13.0. The summed E-state index contributed by atoms with van der Waals surface area (Å²) in [6.45, 7) is 0.755. The third-order valence-corrected chi connectivity index (χ3v) is 3.60. The normalized spacial score (nSPS) is 9.74. The lowest BCUT2D eigenvalue weighted by Crippen LogP contribution is -2.30. The van der Waals surface area contributed by atoms with Gasteiger partial charge in [0.15, 0.2) is 5.11 Å². The Balaban J connectivity index is 1.75. The second kappa shape index (κ2) is 8.76. The Kier molecular flexibility index (Phi) is 6.40. The van der Waals surface area contributed by atoms with Gasteiger partial charge in [-0.05, 0) is 54.0 Å².